The molecule has 0 aliphatic heterocycles. The van der Waals surface area contributed by atoms with Gasteiger partial charge in [0.05, 0.1) is 12.1 Å². The molecule has 2 heterocycles. The lowest BCUT2D eigenvalue weighted by Crippen LogP contribution is -2.12. The summed E-state index contributed by atoms with van der Waals surface area (Å²) in [5, 5.41) is 3.84. The number of nitrogens with one attached hydrogen (secondary N) is 2. The summed E-state index contributed by atoms with van der Waals surface area (Å²) in [5.41, 5.74) is 2.24. The summed E-state index contributed by atoms with van der Waals surface area (Å²) >= 11 is 9.92. The molecule has 0 unspecified atom stereocenters. The number of anilines is 1. The van der Waals surface area contributed by atoms with Gasteiger partial charge in [-0.1, -0.05) is 27.5 Å². The zero-order valence-corrected chi connectivity index (χ0v) is 19.5. The maximum atomic E-state index is 12.6. The van der Waals surface area contributed by atoms with Gasteiger partial charge in [-0.25, -0.2) is 4.98 Å². The highest BCUT2D eigenvalue weighted by Crippen LogP contribution is 2.32. The first-order valence-corrected chi connectivity index (χ1v) is 11.0. The molecule has 0 radical (unpaired) electrons. The molecule has 7 nitrogen and oxygen atoms in total. The van der Waals surface area contributed by atoms with Crippen LogP contribution in [0.15, 0.2) is 74.3 Å². The van der Waals surface area contributed by atoms with Gasteiger partial charge < -0.3 is 19.5 Å². The molecule has 0 atom stereocenters. The molecule has 9 heteroatoms. The van der Waals surface area contributed by atoms with Crippen molar-refractivity contribution in [2.24, 2.45) is 0 Å². The van der Waals surface area contributed by atoms with E-state index in [0.717, 1.165) is 4.47 Å². The molecule has 0 aliphatic carbocycles. The van der Waals surface area contributed by atoms with E-state index in [-0.39, 0.29) is 11.5 Å². The smallest absolute Gasteiger partial charge is 0.294 e. The quantitative estimate of drug-likeness (QED) is 0.300. The normalized spacial score (nSPS) is 11.1. The van der Waals surface area contributed by atoms with Gasteiger partial charge in [-0.2, -0.15) is 0 Å². The van der Waals surface area contributed by atoms with Gasteiger partial charge in [-0.05, 0) is 60.7 Å². The molecule has 0 fully saturated rings. The molecule has 33 heavy (non-hydrogen) atoms. The number of aromatic amines is 1. The van der Waals surface area contributed by atoms with Crippen molar-refractivity contribution in [2.45, 2.75) is 0 Å². The SMILES string of the molecule is COc1ccc(C(=O)Nc2ccc(-c3nc4c(oc5ccc(Br)cc54)c(=O)[nH]3)c(Cl)c2)cc1. The van der Waals surface area contributed by atoms with Crippen molar-refractivity contribution in [3.05, 3.63) is 86.1 Å². The molecule has 0 aliphatic rings. The van der Waals surface area contributed by atoms with Gasteiger partial charge in [0, 0.05) is 26.7 Å². The number of methoxy groups -OCH3 is 1. The van der Waals surface area contributed by atoms with Crippen LogP contribution >= 0.6 is 27.5 Å². The third-order valence-electron chi connectivity index (χ3n) is 5.12. The van der Waals surface area contributed by atoms with E-state index in [9.17, 15) is 9.59 Å². The van der Waals surface area contributed by atoms with Gasteiger partial charge >= 0.3 is 0 Å². The highest BCUT2D eigenvalue weighted by Gasteiger charge is 2.16. The lowest BCUT2D eigenvalue weighted by molar-refractivity contribution is 0.102. The molecule has 0 bridgehead atoms. The minimum absolute atomic E-state index is 0.145. The van der Waals surface area contributed by atoms with Gasteiger partial charge in [-0.15, -0.1) is 0 Å². The van der Waals surface area contributed by atoms with Gasteiger partial charge in [-0.3, -0.25) is 9.59 Å². The third kappa shape index (κ3) is 3.99. The molecule has 164 valence electrons. The molecule has 0 saturated carbocycles. The van der Waals surface area contributed by atoms with Gasteiger partial charge in [0.25, 0.3) is 11.5 Å². The van der Waals surface area contributed by atoms with Crippen LogP contribution in [-0.4, -0.2) is 23.0 Å². The zero-order valence-electron chi connectivity index (χ0n) is 17.1. The van der Waals surface area contributed by atoms with Crippen molar-refractivity contribution >= 4 is 61.2 Å². The fourth-order valence-corrected chi connectivity index (χ4v) is 4.12. The number of halogens is 2. The number of hydrogen-bond donors (Lipinski definition) is 2. The van der Waals surface area contributed by atoms with E-state index in [2.05, 4.69) is 31.2 Å². The van der Waals surface area contributed by atoms with Gasteiger partial charge in [0.1, 0.15) is 22.7 Å². The first kappa shape index (κ1) is 21.2. The minimum atomic E-state index is -0.407. The lowest BCUT2D eigenvalue weighted by atomic mass is 10.1. The predicted molar refractivity (Wildman–Crippen MR) is 131 cm³/mol. The number of nitrogens with zero attached hydrogens (tertiary/aromatic N) is 1. The Morgan fingerprint density at radius 2 is 1.91 bits per heavy atom. The summed E-state index contributed by atoms with van der Waals surface area (Å²) in [4.78, 5) is 32.5. The number of benzene rings is 3. The Morgan fingerprint density at radius 3 is 2.64 bits per heavy atom. The predicted octanol–water partition coefficient (Wildman–Crippen LogP) is 6.01. The van der Waals surface area contributed by atoms with E-state index in [1.165, 1.54) is 0 Å². The number of carbonyl (C=O) groups is 1. The monoisotopic (exact) mass is 523 g/mol. The van der Waals surface area contributed by atoms with Crippen LogP contribution in [0.25, 0.3) is 33.5 Å². The van der Waals surface area contributed by atoms with Gasteiger partial charge in [0.2, 0.25) is 5.58 Å². The standard InChI is InChI=1S/C24H15BrClN3O4/c1-32-15-6-2-12(3-7-15)23(30)27-14-5-8-16(18(26)11-14)22-28-20-17-10-13(25)4-9-19(17)33-21(20)24(31)29-22/h2-11H,1H3,(H,27,30)(H,28,29,31). The number of aromatic nitrogens is 2. The highest BCUT2D eigenvalue weighted by molar-refractivity contribution is 9.10. The molecule has 5 rings (SSSR count). The number of hydrogen-bond acceptors (Lipinski definition) is 5. The topological polar surface area (TPSA) is 97.2 Å². The highest BCUT2D eigenvalue weighted by atomic mass is 79.9. The van der Waals surface area contributed by atoms with Crippen LogP contribution in [-0.2, 0) is 0 Å². The largest absolute Gasteiger partial charge is 0.497 e. The number of fused-ring (bicyclic) bond motifs is 3. The van der Waals surface area contributed by atoms with Crippen LogP contribution < -0.4 is 15.6 Å². The number of rotatable bonds is 4. The molecule has 5 aromatic rings. The summed E-state index contributed by atoms with van der Waals surface area (Å²) in [6.45, 7) is 0. The maximum Gasteiger partial charge on any atom is 0.294 e. The van der Waals surface area contributed by atoms with Crippen molar-refractivity contribution in [3.8, 4) is 17.1 Å². The van der Waals surface area contributed by atoms with Crippen LogP contribution in [0, 0.1) is 0 Å². The summed E-state index contributed by atoms with van der Waals surface area (Å²) in [7, 11) is 1.56. The summed E-state index contributed by atoms with van der Waals surface area (Å²) in [5.74, 6) is 0.674. The van der Waals surface area contributed by atoms with Crippen LogP contribution in [0.3, 0.4) is 0 Å². The molecular formula is C24H15BrClN3O4. The van der Waals surface area contributed by atoms with E-state index in [4.69, 9.17) is 20.8 Å². The van der Waals surface area contributed by atoms with Crippen molar-refractivity contribution < 1.29 is 13.9 Å². The van der Waals surface area contributed by atoms with E-state index in [1.807, 2.05) is 12.1 Å². The Balaban J connectivity index is 1.48. The maximum absolute atomic E-state index is 12.6. The average Bonchev–Trinajstić information content (AvgIpc) is 3.17. The van der Waals surface area contributed by atoms with Crippen molar-refractivity contribution in [1.29, 1.82) is 0 Å². The van der Waals surface area contributed by atoms with Crippen LogP contribution in [0.5, 0.6) is 5.75 Å². The second-order valence-corrected chi connectivity index (χ2v) is 8.53. The Kier molecular flexibility index (Phi) is 5.39. The first-order chi connectivity index (χ1) is 15.9. The Hall–Kier alpha value is -3.62. The molecule has 0 saturated heterocycles. The van der Waals surface area contributed by atoms with E-state index < -0.39 is 5.56 Å². The second-order valence-electron chi connectivity index (χ2n) is 7.21. The van der Waals surface area contributed by atoms with E-state index in [1.54, 1.807) is 55.6 Å². The van der Waals surface area contributed by atoms with E-state index >= 15 is 0 Å². The summed E-state index contributed by atoms with van der Waals surface area (Å²) in [6.07, 6.45) is 0. The summed E-state index contributed by atoms with van der Waals surface area (Å²) in [6, 6.07) is 17.2. The molecule has 2 aromatic heterocycles. The number of amides is 1. The van der Waals surface area contributed by atoms with Crippen LogP contribution in [0.1, 0.15) is 10.4 Å². The molecule has 3 aromatic carbocycles. The Bertz CT molecular complexity index is 1590. The van der Waals surface area contributed by atoms with Crippen molar-refractivity contribution in [2.75, 3.05) is 12.4 Å². The Labute approximate surface area is 200 Å². The van der Waals surface area contributed by atoms with E-state index in [0.29, 0.717) is 49.9 Å². The summed E-state index contributed by atoms with van der Waals surface area (Å²) < 4.78 is 11.6. The molecular weight excluding hydrogens is 510 g/mol. The van der Waals surface area contributed by atoms with Crippen LogP contribution in [0.4, 0.5) is 5.69 Å². The molecule has 0 spiro atoms. The second kappa shape index (κ2) is 8.38. The minimum Gasteiger partial charge on any atom is -0.497 e. The van der Waals surface area contributed by atoms with Crippen molar-refractivity contribution in [3.63, 3.8) is 0 Å². The fraction of sp³-hybridized carbons (Fsp3) is 0.0417. The number of carbonyl (C=O) groups excluding carboxylic acids is 1. The zero-order chi connectivity index (χ0) is 23.1. The average molecular weight is 525 g/mol. The third-order valence-corrected chi connectivity index (χ3v) is 5.93. The van der Waals surface area contributed by atoms with Gasteiger partial charge in [0.15, 0.2) is 0 Å². The molecule has 2 N–H and O–H groups in total. The van der Waals surface area contributed by atoms with Crippen molar-refractivity contribution in [1.82, 2.24) is 9.97 Å². The lowest BCUT2D eigenvalue weighted by Gasteiger charge is -2.09. The first-order valence-electron chi connectivity index (χ1n) is 9.80. The number of ether oxygens (including phenoxy) is 1. The Morgan fingerprint density at radius 1 is 1.12 bits per heavy atom. The number of furan rings is 1. The van der Waals surface area contributed by atoms with Crippen LogP contribution in [0.2, 0.25) is 5.02 Å². The number of H-pyrrole nitrogens is 1. The fourth-order valence-electron chi connectivity index (χ4n) is 3.48. The molecule has 1 amide bonds.